The summed E-state index contributed by atoms with van der Waals surface area (Å²) in [5, 5.41) is 9.57. The zero-order valence-electron chi connectivity index (χ0n) is 6.76. The van der Waals surface area contributed by atoms with E-state index in [1.807, 2.05) is 0 Å². The SMILES string of the molecule is O=C([O-])/C=C/c1c(F)ccc(F)c1Cl. The Kier molecular flexibility index (Phi) is 3.19. The van der Waals surface area contributed by atoms with Crippen LogP contribution in [-0.4, -0.2) is 5.97 Å². The van der Waals surface area contributed by atoms with Crippen molar-refractivity contribution in [2.45, 2.75) is 0 Å². The van der Waals surface area contributed by atoms with Gasteiger partial charge in [-0.15, -0.1) is 0 Å². The highest BCUT2D eigenvalue weighted by Gasteiger charge is 2.08. The third-order valence-electron chi connectivity index (χ3n) is 1.47. The van der Waals surface area contributed by atoms with Crippen LogP contribution in [-0.2, 0) is 4.79 Å². The number of carbonyl (C=O) groups excluding carboxylic acids is 1. The fourth-order valence-electron chi connectivity index (χ4n) is 0.847. The number of carboxylic acid groups (broad SMARTS) is 1. The molecule has 0 spiro atoms. The van der Waals surface area contributed by atoms with Crippen molar-refractivity contribution in [2.24, 2.45) is 0 Å². The summed E-state index contributed by atoms with van der Waals surface area (Å²) >= 11 is 5.40. The predicted octanol–water partition coefficient (Wildman–Crippen LogP) is 1.38. The third-order valence-corrected chi connectivity index (χ3v) is 1.85. The van der Waals surface area contributed by atoms with E-state index in [0.717, 1.165) is 18.2 Å². The molecule has 0 saturated heterocycles. The minimum Gasteiger partial charge on any atom is -0.545 e. The third kappa shape index (κ3) is 2.29. The second-order valence-electron chi connectivity index (χ2n) is 2.41. The highest BCUT2D eigenvalue weighted by molar-refractivity contribution is 6.32. The predicted molar refractivity (Wildman–Crippen MR) is 45.4 cm³/mol. The van der Waals surface area contributed by atoms with Crippen LogP contribution in [0.2, 0.25) is 5.02 Å². The lowest BCUT2D eigenvalue weighted by Gasteiger charge is -2.01. The molecule has 1 aromatic rings. The smallest absolute Gasteiger partial charge is 0.142 e. The Labute approximate surface area is 83.4 Å². The lowest BCUT2D eigenvalue weighted by molar-refractivity contribution is -0.297. The molecular weight excluding hydrogens is 214 g/mol. The molecule has 1 rings (SSSR count). The largest absolute Gasteiger partial charge is 0.545 e. The van der Waals surface area contributed by atoms with Crippen LogP contribution in [0.3, 0.4) is 0 Å². The van der Waals surface area contributed by atoms with Crippen LogP contribution in [0.5, 0.6) is 0 Å². The van der Waals surface area contributed by atoms with Crippen molar-refractivity contribution in [3.05, 3.63) is 40.4 Å². The minimum atomic E-state index is -1.51. The molecule has 0 atom stereocenters. The first kappa shape index (κ1) is 10.7. The van der Waals surface area contributed by atoms with Gasteiger partial charge in [-0.1, -0.05) is 11.6 Å². The molecule has 0 aromatic heterocycles. The van der Waals surface area contributed by atoms with Gasteiger partial charge in [0.2, 0.25) is 0 Å². The average Bonchev–Trinajstić information content (AvgIpc) is 2.11. The van der Waals surface area contributed by atoms with Crippen LogP contribution in [0, 0.1) is 11.6 Å². The van der Waals surface area contributed by atoms with Crippen LogP contribution in [0.1, 0.15) is 5.56 Å². The van der Waals surface area contributed by atoms with Gasteiger partial charge in [-0.2, -0.15) is 0 Å². The second kappa shape index (κ2) is 4.19. The summed E-state index contributed by atoms with van der Waals surface area (Å²) in [4.78, 5) is 10.0. The molecule has 2 nitrogen and oxygen atoms in total. The molecule has 74 valence electrons. The van der Waals surface area contributed by atoms with Crippen molar-refractivity contribution < 1.29 is 18.7 Å². The van der Waals surface area contributed by atoms with Gasteiger partial charge in [-0.3, -0.25) is 0 Å². The number of carboxylic acids is 1. The van der Waals surface area contributed by atoms with Crippen LogP contribution in [0.15, 0.2) is 18.2 Å². The van der Waals surface area contributed by atoms with E-state index in [-0.39, 0.29) is 5.56 Å². The molecule has 5 heteroatoms. The lowest BCUT2D eigenvalue weighted by Crippen LogP contribution is -2.18. The van der Waals surface area contributed by atoms with Gasteiger partial charge in [0, 0.05) is 5.56 Å². The number of carbonyl (C=O) groups is 1. The first-order chi connectivity index (χ1) is 6.52. The van der Waals surface area contributed by atoms with E-state index in [4.69, 9.17) is 11.6 Å². The Bertz CT molecular complexity index is 402. The zero-order chi connectivity index (χ0) is 10.7. The van der Waals surface area contributed by atoms with E-state index in [0.29, 0.717) is 6.08 Å². The maximum Gasteiger partial charge on any atom is 0.142 e. The summed E-state index contributed by atoms with van der Waals surface area (Å²) in [5.74, 6) is -3.12. The molecule has 0 heterocycles. The zero-order valence-corrected chi connectivity index (χ0v) is 7.52. The molecule has 0 radical (unpaired) electrons. The summed E-state index contributed by atoms with van der Waals surface area (Å²) in [6, 6.07) is 1.71. The Hall–Kier alpha value is -1.42. The fourth-order valence-corrected chi connectivity index (χ4v) is 1.06. The van der Waals surface area contributed by atoms with Gasteiger partial charge in [0.05, 0.1) is 11.0 Å². The van der Waals surface area contributed by atoms with Crippen molar-refractivity contribution in [1.29, 1.82) is 0 Å². The molecule has 0 unspecified atom stereocenters. The summed E-state index contributed by atoms with van der Waals surface area (Å²) in [7, 11) is 0. The summed E-state index contributed by atoms with van der Waals surface area (Å²) < 4.78 is 25.8. The maximum atomic E-state index is 13.0. The Morgan fingerprint density at radius 2 is 1.93 bits per heavy atom. The van der Waals surface area contributed by atoms with Crippen LogP contribution in [0.4, 0.5) is 8.78 Å². The van der Waals surface area contributed by atoms with Crippen LogP contribution in [0.25, 0.3) is 6.08 Å². The topological polar surface area (TPSA) is 40.1 Å². The van der Waals surface area contributed by atoms with Gasteiger partial charge < -0.3 is 9.90 Å². The van der Waals surface area contributed by atoms with Crippen molar-refractivity contribution in [1.82, 2.24) is 0 Å². The van der Waals surface area contributed by atoms with Gasteiger partial charge in [-0.25, -0.2) is 8.78 Å². The van der Waals surface area contributed by atoms with E-state index in [9.17, 15) is 18.7 Å². The average molecular weight is 218 g/mol. The maximum absolute atomic E-state index is 13.0. The first-order valence-corrected chi connectivity index (χ1v) is 3.92. The van der Waals surface area contributed by atoms with Gasteiger partial charge in [0.15, 0.2) is 0 Å². The quantitative estimate of drug-likeness (QED) is 0.555. The molecule has 14 heavy (non-hydrogen) atoms. The van der Waals surface area contributed by atoms with Crippen LogP contribution >= 0.6 is 11.6 Å². The minimum absolute atomic E-state index is 0.309. The Balaban J connectivity index is 3.19. The summed E-state index contributed by atoms with van der Waals surface area (Å²) in [6.45, 7) is 0. The number of hydrogen-bond acceptors (Lipinski definition) is 2. The van der Waals surface area contributed by atoms with Crippen molar-refractivity contribution in [3.8, 4) is 0 Å². The van der Waals surface area contributed by atoms with E-state index in [2.05, 4.69) is 0 Å². The molecular formula is C9H4ClF2O2-. The number of rotatable bonds is 2. The van der Waals surface area contributed by atoms with Gasteiger partial charge in [-0.05, 0) is 24.3 Å². The molecule has 0 bridgehead atoms. The van der Waals surface area contributed by atoms with Gasteiger partial charge in [0.1, 0.15) is 11.6 Å². The van der Waals surface area contributed by atoms with E-state index in [1.54, 1.807) is 0 Å². The summed E-state index contributed by atoms with van der Waals surface area (Å²) in [6.07, 6.45) is 1.42. The van der Waals surface area contributed by atoms with Crippen molar-refractivity contribution >= 4 is 23.6 Å². The number of hydrogen-bond donors (Lipinski definition) is 0. The molecule has 0 fully saturated rings. The standard InChI is InChI=1S/C9H5ClF2O2/c10-9-5(1-4-8(13)14)6(11)2-3-7(9)12/h1-4H,(H,13,14)/p-1/b4-1+. The molecule has 0 N–H and O–H groups in total. The normalized spacial score (nSPS) is 10.8. The number of aliphatic carboxylic acids is 1. The van der Waals surface area contributed by atoms with E-state index < -0.39 is 22.6 Å². The van der Waals surface area contributed by atoms with Crippen LogP contribution < -0.4 is 5.11 Å². The molecule has 0 aliphatic heterocycles. The van der Waals surface area contributed by atoms with Gasteiger partial charge >= 0.3 is 0 Å². The second-order valence-corrected chi connectivity index (χ2v) is 2.79. The van der Waals surface area contributed by atoms with E-state index in [1.165, 1.54) is 0 Å². The first-order valence-electron chi connectivity index (χ1n) is 3.55. The monoisotopic (exact) mass is 217 g/mol. The fraction of sp³-hybridized carbons (Fsp3) is 0. The highest BCUT2D eigenvalue weighted by Crippen LogP contribution is 2.23. The molecule has 0 amide bonds. The van der Waals surface area contributed by atoms with E-state index >= 15 is 0 Å². The molecule has 1 aromatic carbocycles. The summed E-state index contributed by atoms with van der Waals surface area (Å²) in [5.41, 5.74) is -0.309. The molecule has 0 saturated carbocycles. The Morgan fingerprint density at radius 3 is 2.50 bits per heavy atom. The molecule has 0 aliphatic carbocycles. The molecule has 0 aliphatic rings. The number of halogens is 3. The highest BCUT2D eigenvalue weighted by atomic mass is 35.5. The number of benzene rings is 1. The van der Waals surface area contributed by atoms with Crippen molar-refractivity contribution in [3.63, 3.8) is 0 Å². The van der Waals surface area contributed by atoms with Gasteiger partial charge in [0.25, 0.3) is 0 Å². The lowest BCUT2D eigenvalue weighted by atomic mass is 10.2. The Morgan fingerprint density at radius 1 is 1.36 bits per heavy atom. The van der Waals surface area contributed by atoms with Crippen molar-refractivity contribution in [2.75, 3.05) is 0 Å².